The van der Waals surface area contributed by atoms with Crippen molar-refractivity contribution in [1.29, 1.82) is 0 Å². The average molecular weight is 479 g/mol. The molecule has 31 heavy (non-hydrogen) atoms. The zero-order valence-corrected chi connectivity index (χ0v) is 17.2. The number of aryl methyl sites for hydroxylation is 1. The highest BCUT2D eigenvalue weighted by molar-refractivity contribution is 7.15. The Labute approximate surface area is 180 Å². The van der Waals surface area contributed by atoms with E-state index in [2.05, 4.69) is 0 Å². The molecule has 0 fully saturated rings. The van der Waals surface area contributed by atoms with Crippen molar-refractivity contribution in [2.24, 2.45) is 0 Å². The fourth-order valence-electron chi connectivity index (χ4n) is 2.41. The van der Waals surface area contributed by atoms with Crippen molar-refractivity contribution in [3.05, 3.63) is 56.1 Å². The number of nitrogen functional groups attached to an aromatic ring is 1. The van der Waals surface area contributed by atoms with Gasteiger partial charge in [-0.25, -0.2) is 8.78 Å². The Hall–Kier alpha value is -2.83. The summed E-state index contributed by atoms with van der Waals surface area (Å²) in [6.45, 7) is 0.716. The van der Waals surface area contributed by atoms with Gasteiger partial charge in [0.15, 0.2) is 23.7 Å². The van der Waals surface area contributed by atoms with E-state index in [1.165, 1.54) is 24.4 Å². The number of nitrogens with two attached hydrogens (primary N) is 1. The fraction of sp³-hybridized carbons (Fsp3) is 0.158. The summed E-state index contributed by atoms with van der Waals surface area (Å²) < 4.78 is 63.2. The van der Waals surface area contributed by atoms with Crippen LogP contribution in [0.2, 0.25) is 0 Å². The lowest BCUT2D eigenvalue weighted by atomic mass is 9.99. The Balaban J connectivity index is 0.000000245. The van der Waals surface area contributed by atoms with E-state index in [1.807, 2.05) is 0 Å². The topological polar surface area (TPSA) is 101 Å². The number of halogens is 5. The number of hydrogen-bond donors (Lipinski definition) is 3. The second-order valence-corrected chi connectivity index (χ2v) is 8.00. The number of carbonyl (C=O) groups excluding carboxylic acids is 2. The highest BCUT2D eigenvalue weighted by Crippen LogP contribution is 2.39. The largest absolute Gasteiger partial charge is 0.506 e. The summed E-state index contributed by atoms with van der Waals surface area (Å²) in [7, 11) is 0. The van der Waals surface area contributed by atoms with Crippen molar-refractivity contribution in [2.45, 2.75) is 13.1 Å². The van der Waals surface area contributed by atoms with Crippen LogP contribution in [-0.2, 0) is 6.18 Å². The molecule has 3 rings (SSSR count). The number of carbonyl (C=O) groups is 2. The molecule has 0 saturated carbocycles. The number of Topliss-reactive ketones (excluding diaryl/α,β-unsaturated/α-hetero) is 1. The predicted molar refractivity (Wildman–Crippen MR) is 107 cm³/mol. The SMILES string of the molecule is Cc1ccc(-c2csc(N)c2C(=O)CO)c(F)c1F.O=Cc1sc(C(F)(F)F)cc1O. The summed E-state index contributed by atoms with van der Waals surface area (Å²) in [5.74, 6) is -3.22. The van der Waals surface area contributed by atoms with E-state index >= 15 is 0 Å². The monoisotopic (exact) mass is 479 g/mol. The molecule has 0 atom stereocenters. The second kappa shape index (κ2) is 9.54. The molecule has 2 heterocycles. The van der Waals surface area contributed by atoms with Gasteiger partial charge in [-0.2, -0.15) is 13.2 Å². The van der Waals surface area contributed by atoms with Crippen LogP contribution < -0.4 is 5.73 Å². The van der Waals surface area contributed by atoms with Gasteiger partial charge in [-0.15, -0.1) is 22.7 Å². The van der Waals surface area contributed by atoms with Crippen molar-refractivity contribution >= 4 is 39.7 Å². The number of benzene rings is 1. The molecule has 1 aromatic carbocycles. The van der Waals surface area contributed by atoms with E-state index < -0.39 is 40.8 Å². The third-order valence-corrected chi connectivity index (χ3v) is 5.84. The van der Waals surface area contributed by atoms with Gasteiger partial charge in [-0.3, -0.25) is 9.59 Å². The summed E-state index contributed by atoms with van der Waals surface area (Å²) in [4.78, 5) is 20.4. The summed E-state index contributed by atoms with van der Waals surface area (Å²) in [5, 5.41) is 19.3. The Kier molecular flexibility index (Phi) is 7.52. The molecular formula is C19H14F5NO4S2. The fourth-order valence-corrected chi connectivity index (χ4v) is 3.98. The van der Waals surface area contributed by atoms with E-state index in [1.54, 1.807) is 0 Å². The average Bonchev–Trinajstić information content (AvgIpc) is 3.28. The first-order chi connectivity index (χ1) is 14.4. The normalized spacial score (nSPS) is 11.1. The van der Waals surface area contributed by atoms with E-state index in [4.69, 9.17) is 15.9 Å². The minimum absolute atomic E-state index is 0.0344. The number of hydrogen-bond acceptors (Lipinski definition) is 7. The van der Waals surface area contributed by atoms with Gasteiger partial charge in [-0.1, -0.05) is 12.1 Å². The molecule has 0 aliphatic heterocycles. The highest BCUT2D eigenvalue weighted by Gasteiger charge is 2.33. The molecule has 12 heteroatoms. The van der Waals surface area contributed by atoms with Gasteiger partial charge in [-0.05, 0) is 12.5 Å². The van der Waals surface area contributed by atoms with E-state index in [0.717, 1.165) is 11.3 Å². The van der Waals surface area contributed by atoms with Crippen molar-refractivity contribution in [3.8, 4) is 16.9 Å². The molecule has 4 N–H and O–H groups in total. The number of ketones is 1. The minimum atomic E-state index is -4.50. The lowest BCUT2D eigenvalue weighted by Gasteiger charge is -2.07. The molecule has 0 aliphatic carbocycles. The van der Waals surface area contributed by atoms with Crippen LogP contribution in [0.5, 0.6) is 5.75 Å². The molecular weight excluding hydrogens is 465 g/mol. The van der Waals surface area contributed by atoms with Crippen LogP contribution >= 0.6 is 22.7 Å². The van der Waals surface area contributed by atoms with Crippen LogP contribution in [0.1, 0.15) is 30.5 Å². The van der Waals surface area contributed by atoms with E-state index in [-0.39, 0.29) is 49.8 Å². The van der Waals surface area contributed by atoms with Crippen molar-refractivity contribution in [1.82, 2.24) is 0 Å². The predicted octanol–water partition coefficient (Wildman–Crippen LogP) is 5.04. The number of aliphatic hydroxyl groups is 1. The molecule has 166 valence electrons. The third kappa shape index (κ3) is 5.27. The Bertz CT molecular complexity index is 1120. The summed E-state index contributed by atoms with van der Waals surface area (Å²) in [6.07, 6.45) is -4.31. The van der Waals surface area contributed by atoms with Crippen LogP contribution in [0.25, 0.3) is 11.1 Å². The van der Waals surface area contributed by atoms with Gasteiger partial charge < -0.3 is 15.9 Å². The van der Waals surface area contributed by atoms with Crippen molar-refractivity contribution in [2.75, 3.05) is 12.3 Å². The van der Waals surface area contributed by atoms with Gasteiger partial charge in [0.1, 0.15) is 22.1 Å². The Morgan fingerprint density at radius 2 is 1.84 bits per heavy atom. The van der Waals surface area contributed by atoms with Crippen molar-refractivity contribution in [3.63, 3.8) is 0 Å². The molecule has 0 spiro atoms. The highest BCUT2D eigenvalue weighted by atomic mass is 32.1. The molecule has 5 nitrogen and oxygen atoms in total. The number of thiophene rings is 2. The number of aliphatic hydroxyl groups excluding tert-OH is 1. The maximum atomic E-state index is 13.9. The second-order valence-electron chi connectivity index (χ2n) is 6.00. The lowest BCUT2D eigenvalue weighted by molar-refractivity contribution is -0.134. The molecule has 0 bridgehead atoms. The molecule has 0 aliphatic rings. The standard InChI is InChI=1S/C13H11F2NO2S.C6H3F3O2S/c1-6-2-3-7(12(15)11(6)14)8-5-19-13(16)10(8)9(18)4-17;7-6(8,9)5-1-3(11)4(2-10)12-5/h2-3,5,17H,4,16H2,1H3;1-2,11H. The number of anilines is 1. The van der Waals surface area contributed by atoms with Gasteiger partial charge in [0, 0.05) is 22.6 Å². The zero-order valence-electron chi connectivity index (χ0n) is 15.6. The summed E-state index contributed by atoms with van der Waals surface area (Å²) >= 11 is 1.27. The van der Waals surface area contributed by atoms with Crippen LogP contribution in [0, 0.1) is 18.6 Å². The quantitative estimate of drug-likeness (QED) is 0.276. The minimum Gasteiger partial charge on any atom is -0.506 e. The first-order valence-electron chi connectivity index (χ1n) is 8.23. The Morgan fingerprint density at radius 1 is 1.19 bits per heavy atom. The number of aldehydes is 1. The van der Waals surface area contributed by atoms with Gasteiger partial charge in [0.2, 0.25) is 0 Å². The smallest absolute Gasteiger partial charge is 0.425 e. The first-order valence-corrected chi connectivity index (χ1v) is 9.93. The van der Waals surface area contributed by atoms with Gasteiger partial charge >= 0.3 is 6.18 Å². The van der Waals surface area contributed by atoms with Gasteiger partial charge in [0.25, 0.3) is 0 Å². The Morgan fingerprint density at radius 3 is 2.32 bits per heavy atom. The number of aromatic hydroxyl groups is 1. The maximum absolute atomic E-state index is 13.9. The zero-order chi connectivity index (χ0) is 23.5. The summed E-state index contributed by atoms with van der Waals surface area (Å²) in [5.41, 5.74) is 6.03. The van der Waals surface area contributed by atoms with Crippen molar-refractivity contribution < 1.29 is 41.8 Å². The molecule has 0 saturated heterocycles. The van der Waals surface area contributed by atoms with Gasteiger partial charge in [0.05, 0.1) is 10.6 Å². The number of alkyl halides is 3. The molecule has 2 aromatic heterocycles. The molecule has 0 amide bonds. The third-order valence-electron chi connectivity index (χ3n) is 3.93. The van der Waals surface area contributed by atoms with Crippen LogP contribution in [0.15, 0.2) is 23.6 Å². The lowest BCUT2D eigenvalue weighted by Crippen LogP contribution is -2.07. The van der Waals surface area contributed by atoms with Crippen LogP contribution in [0.3, 0.4) is 0 Å². The molecule has 3 aromatic rings. The molecule has 0 unspecified atom stereocenters. The first kappa shape index (κ1) is 24.4. The van der Waals surface area contributed by atoms with E-state index in [0.29, 0.717) is 6.07 Å². The molecule has 0 radical (unpaired) electrons. The number of rotatable bonds is 4. The van der Waals surface area contributed by atoms with E-state index in [9.17, 15) is 31.5 Å². The van der Waals surface area contributed by atoms with Crippen LogP contribution in [-0.4, -0.2) is 28.9 Å². The maximum Gasteiger partial charge on any atom is 0.425 e. The van der Waals surface area contributed by atoms with Crippen LogP contribution in [0.4, 0.5) is 27.0 Å². The summed E-state index contributed by atoms with van der Waals surface area (Å²) in [6, 6.07) is 3.35.